The summed E-state index contributed by atoms with van der Waals surface area (Å²) >= 11 is 0. The topological polar surface area (TPSA) is 12.9 Å². The second kappa shape index (κ2) is 3.74. The Balaban J connectivity index is 2.24. The van der Waals surface area contributed by atoms with Crippen molar-refractivity contribution in [3.05, 3.63) is 47.8 Å². The molecule has 0 saturated carbocycles. The van der Waals surface area contributed by atoms with Crippen LogP contribution < -0.4 is 0 Å². The lowest BCUT2D eigenvalue weighted by molar-refractivity contribution is 0.402. The zero-order chi connectivity index (χ0) is 9.97. The van der Waals surface area contributed by atoms with Gasteiger partial charge in [0.15, 0.2) is 0 Å². The van der Waals surface area contributed by atoms with E-state index in [0.717, 1.165) is 16.8 Å². The maximum absolute atomic E-state index is 12.8. The molecule has 14 heavy (non-hydrogen) atoms. The molecule has 0 saturated heterocycles. The van der Waals surface area contributed by atoms with Crippen LogP contribution in [0.2, 0.25) is 0 Å². The lowest BCUT2D eigenvalue weighted by Crippen LogP contribution is -1.99. The van der Waals surface area contributed by atoms with Gasteiger partial charge >= 0.3 is 0 Å². The van der Waals surface area contributed by atoms with Gasteiger partial charge in [0.25, 0.3) is 0 Å². The Morgan fingerprint density at radius 3 is 2.86 bits per heavy atom. The summed E-state index contributed by atoms with van der Waals surface area (Å²) in [6, 6.07) is 3.97. The molecule has 0 N–H and O–H groups in total. The zero-order valence-corrected chi connectivity index (χ0v) is 8.07. The minimum atomic E-state index is -0.829. The van der Waals surface area contributed by atoms with Crippen molar-refractivity contribution in [3.63, 3.8) is 0 Å². The normalized spacial score (nSPS) is 20.7. The summed E-state index contributed by atoms with van der Waals surface area (Å²) < 4.78 is 12.8. The molecule has 1 aromatic heterocycles. The van der Waals surface area contributed by atoms with Gasteiger partial charge < -0.3 is 0 Å². The van der Waals surface area contributed by atoms with E-state index in [-0.39, 0.29) is 0 Å². The molecule has 0 aromatic carbocycles. The Hall–Kier alpha value is -1.44. The Morgan fingerprint density at radius 2 is 2.29 bits per heavy atom. The van der Waals surface area contributed by atoms with Gasteiger partial charge in [0.1, 0.15) is 6.17 Å². The smallest absolute Gasteiger partial charge is 0.122 e. The van der Waals surface area contributed by atoms with Gasteiger partial charge in [-0.1, -0.05) is 18.2 Å². The second-order valence-electron chi connectivity index (χ2n) is 3.49. The molecule has 0 amide bonds. The van der Waals surface area contributed by atoms with E-state index in [0.29, 0.717) is 6.42 Å². The van der Waals surface area contributed by atoms with Gasteiger partial charge in [0.05, 0.1) is 5.69 Å². The number of nitrogens with zero attached hydrogens (tertiary/aromatic N) is 1. The fourth-order valence-electron chi connectivity index (χ4n) is 1.42. The maximum atomic E-state index is 12.8. The first-order valence-corrected chi connectivity index (χ1v) is 4.71. The molecule has 72 valence electrons. The molecule has 0 bridgehead atoms. The Kier molecular flexibility index (Phi) is 2.44. The maximum Gasteiger partial charge on any atom is 0.122 e. The molecule has 0 fully saturated rings. The van der Waals surface area contributed by atoms with Gasteiger partial charge in [-0.25, -0.2) is 4.39 Å². The van der Waals surface area contributed by atoms with Crippen LogP contribution in [0.1, 0.15) is 17.7 Å². The number of hydrogen-bond donors (Lipinski definition) is 0. The fourth-order valence-corrected chi connectivity index (χ4v) is 1.42. The van der Waals surface area contributed by atoms with Gasteiger partial charge in [0, 0.05) is 12.6 Å². The number of aromatic nitrogens is 1. The van der Waals surface area contributed by atoms with Crippen molar-refractivity contribution < 1.29 is 4.39 Å². The molecule has 2 heteroatoms. The molecule has 1 heterocycles. The van der Waals surface area contributed by atoms with Gasteiger partial charge in [0.2, 0.25) is 0 Å². The van der Waals surface area contributed by atoms with E-state index in [1.807, 2.05) is 31.3 Å². The van der Waals surface area contributed by atoms with Crippen LogP contribution in [-0.2, 0) is 0 Å². The quantitative estimate of drug-likeness (QED) is 0.661. The Bertz CT molecular complexity index is 376. The summed E-state index contributed by atoms with van der Waals surface area (Å²) in [5.41, 5.74) is 3.06. The number of halogens is 1. The molecular weight excluding hydrogens is 177 g/mol. The minimum Gasteiger partial charge on any atom is -0.256 e. The van der Waals surface area contributed by atoms with Crippen molar-refractivity contribution in [2.45, 2.75) is 19.5 Å². The number of alkyl halides is 1. The summed E-state index contributed by atoms with van der Waals surface area (Å²) in [5.74, 6) is 0. The molecule has 2 rings (SSSR count). The van der Waals surface area contributed by atoms with Crippen LogP contribution in [0.25, 0.3) is 5.57 Å². The molecule has 1 nitrogen and oxygen atoms in total. The van der Waals surface area contributed by atoms with E-state index in [4.69, 9.17) is 0 Å². The van der Waals surface area contributed by atoms with Crippen molar-refractivity contribution in [1.29, 1.82) is 0 Å². The molecule has 1 aliphatic rings. The molecular formula is C12H12FN. The van der Waals surface area contributed by atoms with Crippen molar-refractivity contribution in [3.8, 4) is 0 Å². The first-order chi connectivity index (χ1) is 6.75. The molecule has 0 radical (unpaired) electrons. The van der Waals surface area contributed by atoms with Crippen LogP contribution in [-0.4, -0.2) is 11.2 Å². The van der Waals surface area contributed by atoms with Gasteiger partial charge in [-0.2, -0.15) is 0 Å². The third-order valence-electron chi connectivity index (χ3n) is 2.25. The molecule has 1 atom stereocenters. The van der Waals surface area contributed by atoms with Crippen LogP contribution in [0.4, 0.5) is 4.39 Å². The van der Waals surface area contributed by atoms with E-state index in [2.05, 4.69) is 4.98 Å². The lowest BCUT2D eigenvalue weighted by Gasteiger charge is -2.08. The van der Waals surface area contributed by atoms with Crippen molar-refractivity contribution in [2.75, 3.05) is 0 Å². The Morgan fingerprint density at radius 1 is 1.43 bits per heavy atom. The van der Waals surface area contributed by atoms with Crippen LogP contribution in [0.3, 0.4) is 0 Å². The molecule has 1 aliphatic carbocycles. The molecule has 1 unspecified atom stereocenters. The average Bonchev–Trinajstić information content (AvgIpc) is 2.21. The first-order valence-electron chi connectivity index (χ1n) is 4.71. The molecule has 0 aliphatic heterocycles. The van der Waals surface area contributed by atoms with E-state index >= 15 is 0 Å². The summed E-state index contributed by atoms with van der Waals surface area (Å²) in [6.45, 7) is 2.00. The van der Waals surface area contributed by atoms with Crippen LogP contribution >= 0.6 is 0 Å². The van der Waals surface area contributed by atoms with Gasteiger partial charge in [-0.05, 0) is 30.2 Å². The van der Waals surface area contributed by atoms with Crippen LogP contribution in [0, 0.1) is 6.92 Å². The summed E-state index contributed by atoms with van der Waals surface area (Å²) in [5, 5.41) is 0. The highest BCUT2D eigenvalue weighted by atomic mass is 19.1. The summed E-state index contributed by atoms with van der Waals surface area (Å²) in [4.78, 5) is 4.28. The predicted octanol–water partition coefficient (Wildman–Crippen LogP) is 3.07. The summed E-state index contributed by atoms with van der Waals surface area (Å²) in [6.07, 6.45) is 6.72. The highest BCUT2D eigenvalue weighted by Crippen LogP contribution is 2.20. The third-order valence-corrected chi connectivity index (χ3v) is 2.25. The monoisotopic (exact) mass is 189 g/mol. The fraction of sp³-hybridized carbons (Fsp3) is 0.250. The lowest BCUT2D eigenvalue weighted by atomic mass is 10.0. The highest BCUT2D eigenvalue weighted by Gasteiger charge is 2.08. The Labute approximate surface area is 83.0 Å². The largest absolute Gasteiger partial charge is 0.256 e. The molecule has 0 spiro atoms. The van der Waals surface area contributed by atoms with Crippen molar-refractivity contribution in [2.24, 2.45) is 0 Å². The van der Waals surface area contributed by atoms with Crippen LogP contribution in [0.15, 0.2) is 36.6 Å². The van der Waals surface area contributed by atoms with Gasteiger partial charge in [-0.3, -0.25) is 4.98 Å². The zero-order valence-electron chi connectivity index (χ0n) is 8.07. The van der Waals surface area contributed by atoms with Gasteiger partial charge in [-0.15, -0.1) is 0 Å². The standard InChI is InChI=1S/C12H12FN/c1-9-2-7-12(14-8-9)10-3-5-11(13)6-4-10/h2-5,7-8,11H,6H2,1H3. The van der Waals surface area contributed by atoms with Crippen molar-refractivity contribution in [1.82, 2.24) is 4.98 Å². The van der Waals surface area contributed by atoms with E-state index in [1.54, 1.807) is 12.2 Å². The second-order valence-corrected chi connectivity index (χ2v) is 3.49. The molecule has 1 aromatic rings. The van der Waals surface area contributed by atoms with E-state index in [1.165, 1.54) is 0 Å². The first kappa shape index (κ1) is 9.13. The number of hydrogen-bond acceptors (Lipinski definition) is 1. The van der Waals surface area contributed by atoms with E-state index < -0.39 is 6.17 Å². The van der Waals surface area contributed by atoms with Crippen molar-refractivity contribution >= 4 is 5.57 Å². The third kappa shape index (κ3) is 1.90. The number of aryl methyl sites for hydroxylation is 1. The predicted molar refractivity (Wildman–Crippen MR) is 55.6 cm³/mol. The SMILES string of the molecule is Cc1ccc(C2=CCC(F)C=C2)nc1. The number of rotatable bonds is 1. The highest BCUT2D eigenvalue weighted by molar-refractivity contribution is 5.72. The summed E-state index contributed by atoms with van der Waals surface area (Å²) in [7, 11) is 0. The number of allylic oxidation sites excluding steroid dienone is 4. The number of pyridine rings is 1. The van der Waals surface area contributed by atoms with Crippen LogP contribution in [0.5, 0.6) is 0 Å². The average molecular weight is 189 g/mol. The van der Waals surface area contributed by atoms with E-state index in [9.17, 15) is 4.39 Å². The minimum absolute atomic E-state index is 0.460.